The van der Waals surface area contributed by atoms with Crippen LogP contribution in [0.25, 0.3) is 0 Å². The largest absolute Gasteiger partial charge is 0.457 e. The first-order valence-electron chi connectivity index (χ1n) is 4.81. The number of ether oxygens (including phenoxy) is 1. The van der Waals surface area contributed by atoms with Crippen molar-refractivity contribution in [1.82, 2.24) is 0 Å². The molecule has 84 valence electrons. The fourth-order valence-corrected chi connectivity index (χ4v) is 2.06. The smallest absolute Gasteiger partial charge is 0.129 e. The summed E-state index contributed by atoms with van der Waals surface area (Å²) in [5.41, 5.74) is 0.562. The van der Waals surface area contributed by atoms with Gasteiger partial charge in [0.15, 0.2) is 0 Å². The number of nitrogens with zero attached hydrogens (tertiary/aromatic N) is 1. The van der Waals surface area contributed by atoms with Crippen LogP contribution < -0.4 is 4.74 Å². The van der Waals surface area contributed by atoms with Crippen LogP contribution in [-0.4, -0.2) is 0 Å². The number of benzene rings is 2. The van der Waals surface area contributed by atoms with Crippen LogP contribution in [0.2, 0.25) is 0 Å². The minimum absolute atomic E-state index is 0.562. The van der Waals surface area contributed by atoms with Crippen molar-refractivity contribution in [2.75, 3.05) is 0 Å². The first-order valence-corrected chi connectivity index (χ1v) is 6.40. The molecule has 0 saturated heterocycles. The number of nitriles is 1. The van der Waals surface area contributed by atoms with E-state index in [4.69, 9.17) is 10.00 Å². The van der Waals surface area contributed by atoms with Crippen LogP contribution >= 0.6 is 31.9 Å². The van der Waals surface area contributed by atoms with E-state index in [0.717, 1.165) is 14.7 Å². The monoisotopic (exact) mass is 351 g/mol. The van der Waals surface area contributed by atoms with Gasteiger partial charge in [-0.2, -0.15) is 5.26 Å². The van der Waals surface area contributed by atoms with E-state index >= 15 is 0 Å². The number of halogens is 2. The molecule has 0 aromatic heterocycles. The normalized spacial score (nSPS) is 9.71. The minimum atomic E-state index is 0.562. The van der Waals surface area contributed by atoms with Crippen molar-refractivity contribution in [3.63, 3.8) is 0 Å². The van der Waals surface area contributed by atoms with E-state index in [9.17, 15) is 0 Å². The molecule has 2 aromatic rings. The molecule has 0 atom stereocenters. The molecule has 0 unspecified atom stereocenters. The zero-order valence-electron chi connectivity index (χ0n) is 8.65. The van der Waals surface area contributed by atoms with Gasteiger partial charge in [-0.05, 0) is 42.5 Å². The van der Waals surface area contributed by atoms with Crippen molar-refractivity contribution < 1.29 is 4.74 Å². The Morgan fingerprint density at radius 2 is 1.59 bits per heavy atom. The van der Waals surface area contributed by atoms with Crippen molar-refractivity contribution in [2.45, 2.75) is 0 Å². The summed E-state index contributed by atoms with van der Waals surface area (Å²) in [6, 6.07) is 14.9. The van der Waals surface area contributed by atoms with Gasteiger partial charge in [0.05, 0.1) is 11.6 Å². The van der Waals surface area contributed by atoms with Gasteiger partial charge in [-0.25, -0.2) is 0 Å². The maximum atomic E-state index is 8.86. The predicted octanol–water partition coefficient (Wildman–Crippen LogP) is 4.88. The fraction of sp³-hybridized carbons (Fsp3) is 0. The van der Waals surface area contributed by atoms with Gasteiger partial charge >= 0.3 is 0 Å². The lowest BCUT2D eigenvalue weighted by atomic mass is 10.2. The highest BCUT2D eigenvalue weighted by Gasteiger charge is 2.01. The standard InChI is InChI=1S/C13H7Br2NO/c14-10-1-3-12(4-2-10)17-13-6-9(8-16)5-11(15)7-13/h1-7H. The molecular formula is C13H7Br2NO. The molecule has 2 nitrogen and oxygen atoms in total. The molecule has 0 fully saturated rings. The number of hydrogen-bond acceptors (Lipinski definition) is 2. The highest BCUT2D eigenvalue weighted by molar-refractivity contribution is 9.10. The van der Waals surface area contributed by atoms with Gasteiger partial charge in [0.25, 0.3) is 0 Å². The molecule has 0 aliphatic carbocycles. The van der Waals surface area contributed by atoms with Crippen LogP contribution in [0, 0.1) is 11.3 Å². The molecule has 0 heterocycles. The Hall–Kier alpha value is -1.31. The minimum Gasteiger partial charge on any atom is -0.457 e. The zero-order chi connectivity index (χ0) is 12.3. The average molecular weight is 353 g/mol. The Kier molecular flexibility index (Phi) is 3.82. The van der Waals surface area contributed by atoms with Gasteiger partial charge in [-0.3, -0.25) is 0 Å². The van der Waals surface area contributed by atoms with Crippen LogP contribution in [0.1, 0.15) is 5.56 Å². The Bertz CT molecular complexity index is 573. The second kappa shape index (κ2) is 5.35. The molecule has 2 rings (SSSR count). The summed E-state index contributed by atoms with van der Waals surface area (Å²) < 4.78 is 7.47. The molecule has 0 bridgehead atoms. The molecule has 0 aliphatic heterocycles. The molecule has 4 heteroatoms. The van der Waals surface area contributed by atoms with E-state index in [2.05, 4.69) is 37.9 Å². The Balaban J connectivity index is 2.27. The van der Waals surface area contributed by atoms with E-state index in [0.29, 0.717) is 11.3 Å². The topological polar surface area (TPSA) is 33.0 Å². The lowest BCUT2D eigenvalue weighted by molar-refractivity contribution is 0.482. The summed E-state index contributed by atoms with van der Waals surface area (Å²) in [6.45, 7) is 0. The second-order valence-electron chi connectivity index (χ2n) is 3.34. The lowest BCUT2D eigenvalue weighted by Gasteiger charge is -2.06. The molecular weight excluding hydrogens is 346 g/mol. The molecule has 0 amide bonds. The molecule has 0 spiro atoms. The Labute approximate surface area is 116 Å². The number of hydrogen-bond donors (Lipinski definition) is 0. The summed E-state index contributed by atoms with van der Waals surface area (Å²) in [7, 11) is 0. The van der Waals surface area contributed by atoms with Crippen molar-refractivity contribution in [2.24, 2.45) is 0 Å². The van der Waals surface area contributed by atoms with Crippen LogP contribution in [0.4, 0.5) is 0 Å². The van der Waals surface area contributed by atoms with Gasteiger partial charge in [0.1, 0.15) is 11.5 Å². The first kappa shape index (κ1) is 12.2. The van der Waals surface area contributed by atoms with Crippen LogP contribution in [0.15, 0.2) is 51.4 Å². The summed E-state index contributed by atoms with van der Waals surface area (Å²) in [5.74, 6) is 1.37. The maximum absolute atomic E-state index is 8.86. The molecule has 0 N–H and O–H groups in total. The van der Waals surface area contributed by atoms with Gasteiger partial charge in [-0.15, -0.1) is 0 Å². The van der Waals surface area contributed by atoms with Gasteiger partial charge in [0.2, 0.25) is 0 Å². The Morgan fingerprint density at radius 3 is 2.24 bits per heavy atom. The van der Waals surface area contributed by atoms with Gasteiger partial charge < -0.3 is 4.74 Å². The zero-order valence-corrected chi connectivity index (χ0v) is 11.8. The third-order valence-corrected chi connectivity index (χ3v) is 3.04. The van der Waals surface area contributed by atoms with E-state index in [1.807, 2.05) is 30.3 Å². The highest BCUT2D eigenvalue weighted by Crippen LogP contribution is 2.27. The molecule has 0 aliphatic rings. The second-order valence-corrected chi connectivity index (χ2v) is 5.17. The molecule has 0 radical (unpaired) electrons. The van der Waals surface area contributed by atoms with E-state index in [1.165, 1.54) is 0 Å². The Morgan fingerprint density at radius 1 is 0.882 bits per heavy atom. The van der Waals surface area contributed by atoms with E-state index < -0.39 is 0 Å². The SMILES string of the molecule is N#Cc1cc(Br)cc(Oc2ccc(Br)cc2)c1. The maximum Gasteiger partial charge on any atom is 0.129 e. The predicted molar refractivity (Wildman–Crippen MR) is 73.1 cm³/mol. The third-order valence-electron chi connectivity index (χ3n) is 2.05. The van der Waals surface area contributed by atoms with Crippen molar-refractivity contribution in [3.05, 3.63) is 57.0 Å². The fourth-order valence-electron chi connectivity index (χ4n) is 1.32. The van der Waals surface area contributed by atoms with E-state index in [1.54, 1.807) is 12.1 Å². The van der Waals surface area contributed by atoms with Gasteiger partial charge in [-0.1, -0.05) is 31.9 Å². The quantitative estimate of drug-likeness (QED) is 0.771. The first-order chi connectivity index (χ1) is 8.17. The number of rotatable bonds is 2. The molecule has 0 saturated carbocycles. The lowest BCUT2D eigenvalue weighted by Crippen LogP contribution is -1.85. The summed E-state index contributed by atoms with van der Waals surface area (Å²) in [5, 5.41) is 8.86. The average Bonchev–Trinajstić information content (AvgIpc) is 2.31. The van der Waals surface area contributed by atoms with Crippen molar-refractivity contribution in [3.8, 4) is 17.6 Å². The highest BCUT2D eigenvalue weighted by atomic mass is 79.9. The van der Waals surface area contributed by atoms with Crippen molar-refractivity contribution >= 4 is 31.9 Å². The van der Waals surface area contributed by atoms with Crippen LogP contribution in [-0.2, 0) is 0 Å². The third kappa shape index (κ3) is 3.32. The molecule has 2 aromatic carbocycles. The van der Waals surface area contributed by atoms with Crippen LogP contribution in [0.5, 0.6) is 11.5 Å². The van der Waals surface area contributed by atoms with E-state index in [-0.39, 0.29) is 0 Å². The summed E-state index contributed by atoms with van der Waals surface area (Å²) >= 11 is 6.70. The van der Waals surface area contributed by atoms with Gasteiger partial charge in [0, 0.05) is 8.95 Å². The summed E-state index contributed by atoms with van der Waals surface area (Å²) in [6.07, 6.45) is 0. The van der Waals surface area contributed by atoms with Crippen molar-refractivity contribution in [1.29, 1.82) is 5.26 Å². The summed E-state index contributed by atoms with van der Waals surface area (Å²) in [4.78, 5) is 0. The molecule has 17 heavy (non-hydrogen) atoms. The van der Waals surface area contributed by atoms with Crippen LogP contribution in [0.3, 0.4) is 0 Å².